The Labute approximate surface area is 156 Å². The van der Waals surface area contributed by atoms with Gasteiger partial charge in [0.2, 0.25) is 10.0 Å². The Kier molecular flexibility index (Phi) is 6.08. The minimum absolute atomic E-state index is 0.147. The van der Waals surface area contributed by atoms with E-state index >= 15 is 0 Å². The number of carbonyl (C=O) groups is 1. The van der Waals surface area contributed by atoms with E-state index in [9.17, 15) is 13.2 Å². The molecule has 2 aromatic rings. The van der Waals surface area contributed by atoms with Gasteiger partial charge >= 0.3 is 0 Å². The molecule has 140 valence electrons. The Bertz CT molecular complexity index is 890. The number of benzene rings is 2. The second kappa shape index (κ2) is 7.91. The first-order valence-electron chi connectivity index (χ1n) is 8.57. The number of anilines is 1. The lowest BCUT2D eigenvalue weighted by atomic mass is 10.0. The third-order valence-electron chi connectivity index (χ3n) is 4.54. The number of carbonyl (C=O) groups excluding carboxylic acids is 1. The number of sulfonamides is 1. The molecule has 2 rings (SSSR count). The molecule has 0 radical (unpaired) electrons. The van der Waals surface area contributed by atoms with Gasteiger partial charge in [0.1, 0.15) is 0 Å². The van der Waals surface area contributed by atoms with E-state index in [4.69, 9.17) is 0 Å². The zero-order valence-electron chi connectivity index (χ0n) is 15.9. The molecule has 5 nitrogen and oxygen atoms in total. The minimum Gasteiger partial charge on any atom is -0.346 e. The predicted octanol–water partition coefficient (Wildman–Crippen LogP) is 3.44. The molecule has 1 N–H and O–H groups in total. The molecule has 1 atom stereocenters. The van der Waals surface area contributed by atoms with Crippen LogP contribution in [-0.4, -0.2) is 27.6 Å². The third-order valence-corrected chi connectivity index (χ3v) is 5.74. The van der Waals surface area contributed by atoms with Gasteiger partial charge in [-0.15, -0.1) is 0 Å². The van der Waals surface area contributed by atoms with Crippen LogP contribution < -0.4 is 9.62 Å². The highest BCUT2D eigenvalue weighted by Crippen LogP contribution is 2.23. The Morgan fingerprint density at radius 1 is 1.15 bits per heavy atom. The summed E-state index contributed by atoms with van der Waals surface area (Å²) in [5, 5.41) is 2.97. The zero-order chi connectivity index (χ0) is 19.5. The number of nitrogens with one attached hydrogen (secondary N) is 1. The lowest BCUT2D eigenvalue weighted by Crippen LogP contribution is -2.28. The van der Waals surface area contributed by atoms with E-state index in [-0.39, 0.29) is 11.9 Å². The van der Waals surface area contributed by atoms with Crippen molar-refractivity contribution in [1.82, 2.24) is 5.32 Å². The molecule has 0 unspecified atom stereocenters. The Balaban J connectivity index is 2.21. The van der Waals surface area contributed by atoms with E-state index < -0.39 is 10.0 Å². The maximum absolute atomic E-state index is 12.6. The Morgan fingerprint density at radius 3 is 2.31 bits per heavy atom. The highest BCUT2D eigenvalue weighted by molar-refractivity contribution is 7.92. The molecule has 2 aromatic carbocycles. The first kappa shape index (κ1) is 20.0. The maximum Gasteiger partial charge on any atom is 0.251 e. The molecule has 0 saturated carbocycles. The van der Waals surface area contributed by atoms with Gasteiger partial charge in [0.15, 0.2) is 0 Å². The van der Waals surface area contributed by atoms with Gasteiger partial charge in [-0.2, -0.15) is 0 Å². The number of rotatable bonds is 6. The van der Waals surface area contributed by atoms with Crippen molar-refractivity contribution in [2.75, 3.05) is 17.6 Å². The van der Waals surface area contributed by atoms with E-state index in [1.54, 1.807) is 18.2 Å². The molecule has 1 amide bonds. The summed E-state index contributed by atoms with van der Waals surface area (Å²) >= 11 is 0. The quantitative estimate of drug-likeness (QED) is 0.842. The van der Waals surface area contributed by atoms with Crippen molar-refractivity contribution in [3.63, 3.8) is 0 Å². The molecule has 0 saturated heterocycles. The van der Waals surface area contributed by atoms with E-state index in [2.05, 4.69) is 24.4 Å². The van der Waals surface area contributed by atoms with Crippen LogP contribution in [-0.2, 0) is 16.4 Å². The van der Waals surface area contributed by atoms with Crippen molar-refractivity contribution < 1.29 is 13.2 Å². The molecule has 0 heterocycles. The van der Waals surface area contributed by atoms with Crippen molar-refractivity contribution in [2.45, 2.75) is 33.2 Å². The van der Waals surface area contributed by atoms with Crippen LogP contribution in [0.3, 0.4) is 0 Å². The van der Waals surface area contributed by atoms with Crippen molar-refractivity contribution >= 4 is 21.6 Å². The van der Waals surface area contributed by atoms with Crippen LogP contribution in [0.4, 0.5) is 5.69 Å². The van der Waals surface area contributed by atoms with E-state index in [1.807, 2.05) is 26.0 Å². The van der Waals surface area contributed by atoms with Crippen LogP contribution in [0.2, 0.25) is 0 Å². The lowest BCUT2D eigenvalue weighted by Gasteiger charge is -2.20. The van der Waals surface area contributed by atoms with Crippen molar-refractivity contribution in [2.24, 2.45) is 0 Å². The highest BCUT2D eigenvalue weighted by atomic mass is 32.2. The van der Waals surface area contributed by atoms with Crippen LogP contribution in [0.5, 0.6) is 0 Å². The summed E-state index contributed by atoms with van der Waals surface area (Å²) < 4.78 is 24.8. The number of hydrogen-bond donors (Lipinski definition) is 1. The van der Waals surface area contributed by atoms with Gasteiger partial charge in [0.05, 0.1) is 18.0 Å². The lowest BCUT2D eigenvalue weighted by molar-refractivity contribution is 0.0940. The molecule has 6 heteroatoms. The van der Waals surface area contributed by atoms with Gasteiger partial charge in [-0.1, -0.05) is 37.3 Å². The van der Waals surface area contributed by atoms with E-state index in [0.29, 0.717) is 11.3 Å². The molecule has 0 aliphatic rings. The van der Waals surface area contributed by atoms with Crippen LogP contribution in [0, 0.1) is 6.92 Å². The summed E-state index contributed by atoms with van der Waals surface area (Å²) in [6.07, 6.45) is 2.11. The first-order chi connectivity index (χ1) is 12.1. The van der Waals surface area contributed by atoms with Crippen LogP contribution in [0.25, 0.3) is 0 Å². The summed E-state index contributed by atoms with van der Waals surface area (Å²) in [6.45, 7) is 5.84. The highest BCUT2D eigenvalue weighted by Gasteiger charge is 2.17. The van der Waals surface area contributed by atoms with Crippen LogP contribution >= 0.6 is 0 Å². The van der Waals surface area contributed by atoms with Crippen molar-refractivity contribution in [3.05, 3.63) is 64.7 Å². The Hall–Kier alpha value is -2.34. The van der Waals surface area contributed by atoms with Crippen LogP contribution in [0.15, 0.2) is 42.5 Å². The summed E-state index contributed by atoms with van der Waals surface area (Å²) in [5.74, 6) is -0.236. The van der Waals surface area contributed by atoms with Gasteiger partial charge < -0.3 is 5.32 Å². The zero-order valence-corrected chi connectivity index (χ0v) is 16.7. The predicted molar refractivity (Wildman–Crippen MR) is 106 cm³/mol. The third kappa shape index (κ3) is 4.64. The molecular weight excluding hydrogens is 348 g/mol. The van der Waals surface area contributed by atoms with Gasteiger partial charge in [-0.3, -0.25) is 9.10 Å². The number of nitrogens with zero attached hydrogens (tertiary/aromatic N) is 1. The second-order valence-corrected chi connectivity index (χ2v) is 8.54. The SMILES string of the molecule is CCc1ccc([C@@H](C)NC(=O)c2ccc(C)c(N(C)S(C)(=O)=O)c2)cc1. The summed E-state index contributed by atoms with van der Waals surface area (Å²) in [4.78, 5) is 12.6. The molecule has 0 aromatic heterocycles. The normalized spacial score (nSPS) is 12.5. The minimum atomic E-state index is -3.39. The molecule has 0 aliphatic carbocycles. The average Bonchev–Trinajstić information content (AvgIpc) is 2.60. The number of hydrogen-bond acceptors (Lipinski definition) is 3. The molecule has 0 bridgehead atoms. The number of aryl methyl sites for hydroxylation is 2. The first-order valence-corrected chi connectivity index (χ1v) is 10.4. The smallest absolute Gasteiger partial charge is 0.251 e. The molecule has 0 aliphatic heterocycles. The fourth-order valence-electron chi connectivity index (χ4n) is 2.67. The van der Waals surface area contributed by atoms with Gasteiger partial charge in [0.25, 0.3) is 5.91 Å². The fourth-order valence-corrected chi connectivity index (χ4v) is 3.23. The summed E-state index contributed by atoms with van der Waals surface area (Å²) in [5.41, 5.74) is 3.99. The second-order valence-electron chi connectivity index (χ2n) is 6.52. The molecule has 0 fully saturated rings. The molecule has 26 heavy (non-hydrogen) atoms. The maximum atomic E-state index is 12.6. The Morgan fingerprint density at radius 2 is 1.77 bits per heavy atom. The monoisotopic (exact) mass is 374 g/mol. The standard InChI is InChI=1S/C20H26N2O3S/c1-6-16-8-11-17(12-9-16)15(3)21-20(23)18-10-7-14(2)19(13-18)22(4)26(5,24)25/h7-13,15H,6H2,1-5H3,(H,21,23)/t15-/m1/s1. The van der Waals surface area contributed by atoms with Gasteiger partial charge in [-0.05, 0) is 49.1 Å². The molecule has 0 spiro atoms. The largest absolute Gasteiger partial charge is 0.346 e. The van der Waals surface area contributed by atoms with Crippen molar-refractivity contribution in [3.8, 4) is 0 Å². The molecular formula is C20H26N2O3S. The topological polar surface area (TPSA) is 66.5 Å². The van der Waals surface area contributed by atoms with Gasteiger partial charge in [-0.25, -0.2) is 8.42 Å². The van der Waals surface area contributed by atoms with E-state index in [1.165, 1.54) is 16.9 Å². The fraction of sp³-hybridized carbons (Fsp3) is 0.350. The summed E-state index contributed by atoms with van der Waals surface area (Å²) in [7, 11) is -1.91. The summed E-state index contributed by atoms with van der Waals surface area (Å²) in [6, 6.07) is 13.1. The van der Waals surface area contributed by atoms with Gasteiger partial charge in [0, 0.05) is 12.6 Å². The number of amides is 1. The average molecular weight is 375 g/mol. The van der Waals surface area contributed by atoms with Crippen LogP contribution in [0.1, 0.15) is 46.9 Å². The van der Waals surface area contributed by atoms with Crippen molar-refractivity contribution in [1.29, 1.82) is 0 Å². The van der Waals surface area contributed by atoms with E-state index in [0.717, 1.165) is 23.8 Å².